The molecule has 1 aliphatic heterocycles. The summed E-state index contributed by atoms with van der Waals surface area (Å²) in [5.74, 6) is 0.0247. The van der Waals surface area contributed by atoms with Crippen molar-refractivity contribution < 1.29 is 23.8 Å². The second kappa shape index (κ2) is 8.36. The van der Waals surface area contributed by atoms with Gasteiger partial charge in [-0.1, -0.05) is 42.5 Å². The SMILES string of the molecule is O=C(O)c1c(CNCc2ccc3c(c2)OCO3)c2ccccc2n1Cc1ccccc1F. The number of carbonyl (C=O) groups is 1. The van der Waals surface area contributed by atoms with Crippen molar-refractivity contribution in [3.8, 4) is 11.5 Å². The van der Waals surface area contributed by atoms with E-state index in [2.05, 4.69) is 5.32 Å². The molecule has 3 aromatic carbocycles. The first-order valence-electron chi connectivity index (χ1n) is 10.3. The zero-order valence-electron chi connectivity index (χ0n) is 17.2. The lowest BCUT2D eigenvalue weighted by molar-refractivity contribution is 0.0684. The number of aromatic carboxylic acids is 1. The molecular weight excluding hydrogens is 411 g/mol. The zero-order valence-corrected chi connectivity index (χ0v) is 17.2. The second-order valence-corrected chi connectivity index (χ2v) is 7.62. The van der Waals surface area contributed by atoms with E-state index < -0.39 is 5.97 Å². The van der Waals surface area contributed by atoms with Crippen LogP contribution in [-0.4, -0.2) is 22.4 Å². The van der Waals surface area contributed by atoms with Gasteiger partial charge < -0.3 is 24.5 Å². The number of carboxylic acids is 1. The maximum absolute atomic E-state index is 14.3. The van der Waals surface area contributed by atoms with Gasteiger partial charge in [-0.05, 0) is 29.8 Å². The first-order valence-corrected chi connectivity index (χ1v) is 10.3. The summed E-state index contributed by atoms with van der Waals surface area (Å²) < 4.78 is 26.7. The van der Waals surface area contributed by atoms with Crippen LogP contribution in [0.4, 0.5) is 4.39 Å². The van der Waals surface area contributed by atoms with E-state index in [4.69, 9.17) is 9.47 Å². The molecule has 1 aromatic heterocycles. The van der Waals surface area contributed by atoms with Gasteiger partial charge >= 0.3 is 5.97 Å². The van der Waals surface area contributed by atoms with Crippen molar-refractivity contribution in [3.05, 3.63) is 94.9 Å². The summed E-state index contributed by atoms with van der Waals surface area (Å²) in [5, 5.41) is 14.2. The fraction of sp³-hybridized carbons (Fsp3) is 0.160. The molecule has 0 atom stereocenters. The van der Waals surface area contributed by atoms with Crippen LogP contribution >= 0.6 is 0 Å². The van der Waals surface area contributed by atoms with Gasteiger partial charge in [0, 0.05) is 35.1 Å². The standard InChI is InChI=1S/C25H21FN2O4/c26-20-7-3-1-5-17(20)14-28-21-8-4-2-6-18(21)19(24(28)25(29)30)13-27-12-16-9-10-22-23(11-16)32-15-31-22/h1-11,27H,12-15H2,(H,29,30). The van der Waals surface area contributed by atoms with Crippen molar-refractivity contribution in [2.24, 2.45) is 0 Å². The molecule has 0 aliphatic carbocycles. The molecule has 0 saturated carbocycles. The molecule has 7 heteroatoms. The number of halogens is 1. The van der Waals surface area contributed by atoms with Crippen LogP contribution in [0.1, 0.15) is 27.2 Å². The summed E-state index contributed by atoms with van der Waals surface area (Å²) in [4.78, 5) is 12.3. The molecule has 2 N–H and O–H groups in total. The lowest BCUT2D eigenvalue weighted by Gasteiger charge is -2.11. The molecule has 2 heterocycles. The molecule has 0 unspecified atom stereocenters. The van der Waals surface area contributed by atoms with Crippen LogP contribution in [0.25, 0.3) is 10.9 Å². The van der Waals surface area contributed by atoms with Crippen LogP contribution in [0.5, 0.6) is 11.5 Å². The highest BCUT2D eigenvalue weighted by Gasteiger charge is 2.23. The molecule has 0 fully saturated rings. The largest absolute Gasteiger partial charge is 0.477 e. The Labute approximate surface area is 183 Å². The molecule has 0 bridgehead atoms. The number of nitrogens with one attached hydrogen (secondary N) is 1. The van der Waals surface area contributed by atoms with Gasteiger partial charge in [-0.15, -0.1) is 0 Å². The predicted octanol–water partition coefficient (Wildman–Crippen LogP) is 4.55. The van der Waals surface area contributed by atoms with Crippen LogP contribution in [0.3, 0.4) is 0 Å². The Morgan fingerprint density at radius 1 is 1.00 bits per heavy atom. The number of para-hydroxylation sites is 1. The van der Waals surface area contributed by atoms with Gasteiger partial charge in [-0.3, -0.25) is 0 Å². The van der Waals surface area contributed by atoms with E-state index in [1.807, 2.05) is 42.5 Å². The van der Waals surface area contributed by atoms with Gasteiger partial charge in [0.15, 0.2) is 11.5 Å². The highest BCUT2D eigenvalue weighted by Crippen LogP contribution is 2.33. The van der Waals surface area contributed by atoms with E-state index in [1.54, 1.807) is 22.8 Å². The van der Waals surface area contributed by atoms with Crippen molar-refractivity contribution in [2.45, 2.75) is 19.6 Å². The van der Waals surface area contributed by atoms with E-state index in [0.717, 1.165) is 22.2 Å². The van der Waals surface area contributed by atoms with Crippen molar-refractivity contribution in [1.29, 1.82) is 0 Å². The van der Waals surface area contributed by atoms with E-state index in [1.165, 1.54) is 6.07 Å². The number of hydrogen-bond donors (Lipinski definition) is 2. The van der Waals surface area contributed by atoms with Crippen LogP contribution in [0, 0.1) is 5.82 Å². The minimum absolute atomic E-state index is 0.136. The maximum Gasteiger partial charge on any atom is 0.352 e. The molecule has 32 heavy (non-hydrogen) atoms. The van der Waals surface area contributed by atoms with E-state index in [9.17, 15) is 14.3 Å². The number of hydrogen-bond acceptors (Lipinski definition) is 4. The number of carboxylic acid groups (broad SMARTS) is 1. The summed E-state index contributed by atoms with van der Waals surface area (Å²) >= 11 is 0. The monoisotopic (exact) mass is 432 g/mol. The molecule has 0 saturated heterocycles. The van der Waals surface area contributed by atoms with Crippen LogP contribution in [-0.2, 0) is 19.6 Å². The van der Waals surface area contributed by atoms with Crippen LogP contribution in [0.15, 0.2) is 66.7 Å². The Bertz CT molecular complexity index is 1310. The first kappa shape index (κ1) is 20.1. The highest BCUT2D eigenvalue weighted by atomic mass is 19.1. The molecule has 1 aliphatic rings. The third kappa shape index (κ3) is 3.67. The van der Waals surface area contributed by atoms with Crippen LogP contribution < -0.4 is 14.8 Å². The van der Waals surface area contributed by atoms with E-state index in [-0.39, 0.29) is 24.8 Å². The van der Waals surface area contributed by atoms with Crippen molar-refractivity contribution in [2.75, 3.05) is 6.79 Å². The fourth-order valence-corrected chi connectivity index (χ4v) is 4.14. The number of aromatic nitrogens is 1. The Balaban J connectivity index is 1.46. The van der Waals surface area contributed by atoms with Crippen LogP contribution in [0.2, 0.25) is 0 Å². The first-order chi connectivity index (χ1) is 15.6. The Hall–Kier alpha value is -3.84. The maximum atomic E-state index is 14.3. The molecule has 4 aromatic rings. The summed E-state index contributed by atoms with van der Waals surface area (Å²) in [7, 11) is 0. The Kier molecular flexibility index (Phi) is 5.25. The fourth-order valence-electron chi connectivity index (χ4n) is 4.14. The Morgan fingerprint density at radius 2 is 1.78 bits per heavy atom. The molecular formula is C25H21FN2O4. The molecule has 5 rings (SSSR count). The summed E-state index contributed by atoms with van der Waals surface area (Å²) in [6, 6.07) is 19.6. The average Bonchev–Trinajstić information content (AvgIpc) is 3.38. The number of fused-ring (bicyclic) bond motifs is 2. The lowest BCUT2D eigenvalue weighted by Crippen LogP contribution is -2.17. The highest BCUT2D eigenvalue weighted by molar-refractivity contribution is 5.98. The number of rotatable bonds is 7. The minimum Gasteiger partial charge on any atom is -0.477 e. The number of benzene rings is 3. The zero-order chi connectivity index (χ0) is 22.1. The lowest BCUT2D eigenvalue weighted by atomic mass is 10.1. The normalized spacial score (nSPS) is 12.4. The summed E-state index contributed by atoms with van der Waals surface area (Å²) in [5.41, 5.74) is 3.03. The van der Waals surface area contributed by atoms with Gasteiger partial charge in [-0.25, -0.2) is 9.18 Å². The van der Waals surface area contributed by atoms with E-state index >= 15 is 0 Å². The van der Waals surface area contributed by atoms with Gasteiger partial charge in [0.25, 0.3) is 0 Å². The molecule has 0 radical (unpaired) electrons. The smallest absolute Gasteiger partial charge is 0.352 e. The number of ether oxygens (including phenoxy) is 2. The third-order valence-corrected chi connectivity index (χ3v) is 5.63. The summed E-state index contributed by atoms with van der Waals surface area (Å²) in [6.07, 6.45) is 0. The number of nitrogens with zero attached hydrogens (tertiary/aromatic N) is 1. The molecule has 0 amide bonds. The molecule has 6 nitrogen and oxygen atoms in total. The van der Waals surface area contributed by atoms with Crippen molar-refractivity contribution >= 4 is 16.9 Å². The minimum atomic E-state index is -1.04. The van der Waals surface area contributed by atoms with Crippen molar-refractivity contribution in [1.82, 2.24) is 9.88 Å². The Morgan fingerprint density at radius 3 is 2.62 bits per heavy atom. The quantitative estimate of drug-likeness (QED) is 0.448. The molecule has 162 valence electrons. The third-order valence-electron chi connectivity index (χ3n) is 5.63. The van der Waals surface area contributed by atoms with Gasteiger partial charge in [0.05, 0.1) is 6.54 Å². The topological polar surface area (TPSA) is 72.7 Å². The van der Waals surface area contributed by atoms with Gasteiger partial charge in [-0.2, -0.15) is 0 Å². The van der Waals surface area contributed by atoms with E-state index in [0.29, 0.717) is 30.0 Å². The molecule has 0 spiro atoms. The summed E-state index contributed by atoms with van der Waals surface area (Å²) in [6.45, 7) is 1.23. The predicted molar refractivity (Wildman–Crippen MR) is 118 cm³/mol. The second-order valence-electron chi connectivity index (χ2n) is 7.62. The van der Waals surface area contributed by atoms with Gasteiger partial charge in [0.2, 0.25) is 6.79 Å². The van der Waals surface area contributed by atoms with Crippen molar-refractivity contribution in [3.63, 3.8) is 0 Å². The average molecular weight is 432 g/mol. The van der Waals surface area contributed by atoms with Gasteiger partial charge in [0.1, 0.15) is 11.5 Å².